The van der Waals surface area contributed by atoms with Crippen molar-refractivity contribution in [3.8, 4) is 0 Å². The SMILES string of the molecule is Cn1cc(CCN2CCNCC2)c2ccc(Cl)cc21. The number of nitrogens with one attached hydrogen (secondary N) is 1. The molecule has 102 valence electrons. The van der Waals surface area contributed by atoms with E-state index in [1.165, 1.54) is 16.5 Å². The molecule has 1 aliphatic heterocycles. The van der Waals surface area contributed by atoms with Crippen LogP contribution in [0.2, 0.25) is 5.02 Å². The smallest absolute Gasteiger partial charge is 0.0495 e. The van der Waals surface area contributed by atoms with E-state index in [0.717, 1.165) is 44.2 Å². The van der Waals surface area contributed by atoms with Crippen LogP contribution < -0.4 is 5.32 Å². The molecule has 1 aliphatic rings. The maximum absolute atomic E-state index is 6.07. The van der Waals surface area contributed by atoms with Crippen LogP contribution in [0.3, 0.4) is 0 Å². The van der Waals surface area contributed by atoms with Gasteiger partial charge in [-0.3, -0.25) is 0 Å². The number of benzene rings is 1. The normalized spacial score (nSPS) is 17.2. The van der Waals surface area contributed by atoms with Gasteiger partial charge in [-0.25, -0.2) is 0 Å². The summed E-state index contributed by atoms with van der Waals surface area (Å²) in [6.45, 7) is 5.70. The highest BCUT2D eigenvalue weighted by molar-refractivity contribution is 6.31. The molecule has 0 spiro atoms. The quantitative estimate of drug-likeness (QED) is 0.929. The van der Waals surface area contributed by atoms with Crippen molar-refractivity contribution >= 4 is 22.5 Å². The van der Waals surface area contributed by atoms with E-state index in [-0.39, 0.29) is 0 Å². The summed E-state index contributed by atoms with van der Waals surface area (Å²) in [5, 5.41) is 5.54. The summed E-state index contributed by atoms with van der Waals surface area (Å²) in [7, 11) is 2.09. The number of aromatic nitrogens is 1. The Morgan fingerprint density at radius 1 is 1.26 bits per heavy atom. The van der Waals surface area contributed by atoms with Crippen molar-refractivity contribution in [2.24, 2.45) is 7.05 Å². The first kappa shape index (κ1) is 13.0. The second kappa shape index (κ2) is 5.53. The molecule has 19 heavy (non-hydrogen) atoms. The molecule has 0 atom stereocenters. The van der Waals surface area contributed by atoms with Crippen molar-refractivity contribution in [3.05, 3.63) is 35.0 Å². The predicted molar refractivity (Wildman–Crippen MR) is 80.9 cm³/mol. The average molecular weight is 278 g/mol. The molecule has 4 heteroatoms. The van der Waals surface area contributed by atoms with Crippen LogP contribution in [0.25, 0.3) is 10.9 Å². The zero-order valence-corrected chi connectivity index (χ0v) is 12.1. The highest BCUT2D eigenvalue weighted by atomic mass is 35.5. The maximum Gasteiger partial charge on any atom is 0.0495 e. The number of rotatable bonds is 3. The van der Waals surface area contributed by atoms with Gasteiger partial charge in [0.05, 0.1) is 0 Å². The molecule has 1 N–H and O–H groups in total. The van der Waals surface area contributed by atoms with Gasteiger partial charge in [0, 0.05) is 61.9 Å². The van der Waals surface area contributed by atoms with Crippen LogP contribution >= 0.6 is 11.6 Å². The fourth-order valence-corrected chi connectivity index (χ4v) is 3.02. The Bertz CT molecular complexity index is 570. The van der Waals surface area contributed by atoms with Gasteiger partial charge in [-0.1, -0.05) is 17.7 Å². The van der Waals surface area contributed by atoms with Crippen molar-refractivity contribution in [3.63, 3.8) is 0 Å². The molecule has 2 heterocycles. The van der Waals surface area contributed by atoms with Gasteiger partial charge in [0.2, 0.25) is 0 Å². The Morgan fingerprint density at radius 2 is 2.05 bits per heavy atom. The molecule has 1 aromatic heterocycles. The van der Waals surface area contributed by atoms with E-state index in [9.17, 15) is 0 Å². The molecule has 0 aliphatic carbocycles. The number of piperazine rings is 1. The number of aryl methyl sites for hydroxylation is 1. The first-order valence-electron chi connectivity index (χ1n) is 6.90. The molecule has 1 aromatic carbocycles. The third kappa shape index (κ3) is 2.78. The first-order chi connectivity index (χ1) is 9.24. The van der Waals surface area contributed by atoms with Crippen LogP contribution in [0.1, 0.15) is 5.56 Å². The Hall–Kier alpha value is -1.03. The van der Waals surface area contributed by atoms with Gasteiger partial charge in [0.25, 0.3) is 0 Å². The molecule has 0 saturated carbocycles. The van der Waals surface area contributed by atoms with Crippen LogP contribution in [-0.4, -0.2) is 42.2 Å². The number of halogens is 1. The van der Waals surface area contributed by atoms with E-state index in [4.69, 9.17) is 11.6 Å². The van der Waals surface area contributed by atoms with Gasteiger partial charge >= 0.3 is 0 Å². The standard InChI is InChI=1S/C15H20ClN3/c1-18-11-12(4-7-19-8-5-17-6-9-19)14-3-2-13(16)10-15(14)18/h2-3,10-11,17H,4-9H2,1H3. The Morgan fingerprint density at radius 3 is 2.84 bits per heavy atom. The summed E-state index contributed by atoms with van der Waals surface area (Å²) < 4.78 is 2.17. The fraction of sp³-hybridized carbons (Fsp3) is 0.467. The van der Waals surface area contributed by atoms with Gasteiger partial charge in [0.15, 0.2) is 0 Å². The minimum atomic E-state index is 0.808. The predicted octanol–water partition coefficient (Wildman–Crippen LogP) is 2.28. The average Bonchev–Trinajstić information content (AvgIpc) is 2.74. The third-order valence-electron chi connectivity index (χ3n) is 3.94. The molecule has 3 rings (SSSR count). The molecule has 3 nitrogen and oxygen atoms in total. The highest BCUT2D eigenvalue weighted by Gasteiger charge is 2.11. The lowest BCUT2D eigenvalue weighted by Gasteiger charge is -2.26. The van der Waals surface area contributed by atoms with Crippen LogP contribution in [0, 0.1) is 0 Å². The van der Waals surface area contributed by atoms with Crippen molar-refractivity contribution in [2.45, 2.75) is 6.42 Å². The van der Waals surface area contributed by atoms with E-state index in [0.29, 0.717) is 0 Å². The Kier molecular flexibility index (Phi) is 3.78. The van der Waals surface area contributed by atoms with E-state index < -0.39 is 0 Å². The largest absolute Gasteiger partial charge is 0.350 e. The van der Waals surface area contributed by atoms with Crippen molar-refractivity contribution in [1.82, 2.24) is 14.8 Å². The number of hydrogen-bond donors (Lipinski definition) is 1. The minimum absolute atomic E-state index is 0.808. The van der Waals surface area contributed by atoms with E-state index in [1.54, 1.807) is 0 Å². The topological polar surface area (TPSA) is 20.2 Å². The summed E-state index contributed by atoms with van der Waals surface area (Å²) in [4.78, 5) is 2.53. The molecular formula is C15H20ClN3. The molecule has 0 amide bonds. The van der Waals surface area contributed by atoms with Crippen LogP contribution in [0.5, 0.6) is 0 Å². The summed E-state index contributed by atoms with van der Waals surface area (Å²) in [5.41, 5.74) is 2.65. The van der Waals surface area contributed by atoms with Crippen LogP contribution in [-0.2, 0) is 13.5 Å². The Labute approximate surface area is 119 Å². The number of nitrogens with zero attached hydrogens (tertiary/aromatic N) is 2. The third-order valence-corrected chi connectivity index (χ3v) is 4.18. The van der Waals surface area contributed by atoms with Gasteiger partial charge in [-0.2, -0.15) is 0 Å². The van der Waals surface area contributed by atoms with Crippen LogP contribution in [0.4, 0.5) is 0 Å². The minimum Gasteiger partial charge on any atom is -0.350 e. The lowest BCUT2D eigenvalue weighted by atomic mass is 10.1. The van der Waals surface area contributed by atoms with E-state index >= 15 is 0 Å². The maximum atomic E-state index is 6.07. The molecule has 0 bridgehead atoms. The number of fused-ring (bicyclic) bond motifs is 1. The van der Waals surface area contributed by atoms with Gasteiger partial charge in [-0.15, -0.1) is 0 Å². The van der Waals surface area contributed by atoms with Crippen LogP contribution in [0.15, 0.2) is 24.4 Å². The summed E-state index contributed by atoms with van der Waals surface area (Å²) in [6, 6.07) is 6.17. The highest BCUT2D eigenvalue weighted by Crippen LogP contribution is 2.24. The lowest BCUT2D eigenvalue weighted by molar-refractivity contribution is 0.244. The fourth-order valence-electron chi connectivity index (χ4n) is 2.85. The summed E-state index contributed by atoms with van der Waals surface area (Å²) in [5.74, 6) is 0. The van der Waals surface area contributed by atoms with Crippen molar-refractivity contribution in [2.75, 3.05) is 32.7 Å². The molecule has 1 fully saturated rings. The monoisotopic (exact) mass is 277 g/mol. The van der Waals surface area contributed by atoms with E-state index in [1.807, 2.05) is 12.1 Å². The number of hydrogen-bond acceptors (Lipinski definition) is 2. The van der Waals surface area contributed by atoms with Gasteiger partial charge < -0.3 is 14.8 Å². The first-order valence-corrected chi connectivity index (χ1v) is 7.28. The molecular weight excluding hydrogens is 258 g/mol. The molecule has 2 aromatic rings. The van der Waals surface area contributed by atoms with Gasteiger partial charge in [0.1, 0.15) is 0 Å². The van der Waals surface area contributed by atoms with Crippen molar-refractivity contribution in [1.29, 1.82) is 0 Å². The molecule has 0 unspecified atom stereocenters. The lowest BCUT2D eigenvalue weighted by Crippen LogP contribution is -2.44. The molecule has 1 saturated heterocycles. The zero-order chi connectivity index (χ0) is 13.2. The van der Waals surface area contributed by atoms with E-state index in [2.05, 4.69) is 34.1 Å². The van der Waals surface area contributed by atoms with Crippen molar-refractivity contribution < 1.29 is 0 Å². The second-order valence-electron chi connectivity index (χ2n) is 5.27. The second-order valence-corrected chi connectivity index (χ2v) is 5.70. The zero-order valence-electron chi connectivity index (χ0n) is 11.3. The molecule has 0 radical (unpaired) electrons. The summed E-state index contributed by atoms with van der Waals surface area (Å²) in [6.07, 6.45) is 3.35. The summed E-state index contributed by atoms with van der Waals surface area (Å²) >= 11 is 6.07. The van der Waals surface area contributed by atoms with Gasteiger partial charge in [-0.05, 0) is 24.1 Å². The Balaban J connectivity index is 1.77.